The molecule has 0 aliphatic heterocycles. The molecule has 2 rings (SSSR count). The van der Waals surface area contributed by atoms with Crippen LogP contribution in [0.15, 0.2) is 48.5 Å². The van der Waals surface area contributed by atoms with E-state index in [1.54, 1.807) is 19.9 Å². The zero-order valence-electron chi connectivity index (χ0n) is 15.8. The number of rotatable bonds is 8. The number of amides is 1. The van der Waals surface area contributed by atoms with E-state index in [1.165, 1.54) is 0 Å². The van der Waals surface area contributed by atoms with E-state index in [2.05, 4.69) is 5.32 Å². The highest BCUT2D eigenvalue weighted by molar-refractivity contribution is 5.94. The van der Waals surface area contributed by atoms with Gasteiger partial charge in [0.2, 0.25) is 0 Å². The van der Waals surface area contributed by atoms with E-state index in [0.717, 1.165) is 16.7 Å². The minimum absolute atomic E-state index is 0.00441. The van der Waals surface area contributed by atoms with Crippen molar-refractivity contribution in [1.29, 1.82) is 0 Å². The van der Waals surface area contributed by atoms with Crippen LogP contribution in [-0.4, -0.2) is 28.3 Å². The molecule has 0 aliphatic carbocycles. The lowest BCUT2D eigenvalue weighted by molar-refractivity contribution is 0.0714. The van der Waals surface area contributed by atoms with Gasteiger partial charge in [-0.15, -0.1) is 0 Å². The Hall–Kier alpha value is -2.17. The fourth-order valence-electron chi connectivity index (χ4n) is 2.81. The normalized spacial score (nSPS) is 12.7. The molecule has 0 heterocycles. The first-order valence-electron chi connectivity index (χ1n) is 9.08. The number of benzene rings is 2. The highest BCUT2D eigenvalue weighted by Crippen LogP contribution is 2.19. The molecule has 0 bridgehead atoms. The Balaban J connectivity index is 2.10. The van der Waals surface area contributed by atoms with Crippen molar-refractivity contribution in [3.05, 3.63) is 70.8 Å². The van der Waals surface area contributed by atoms with Gasteiger partial charge in [0.25, 0.3) is 5.91 Å². The summed E-state index contributed by atoms with van der Waals surface area (Å²) in [6, 6.07) is 15.2. The van der Waals surface area contributed by atoms with Crippen molar-refractivity contribution in [3.8, 4) is 0 Å². The average molecular weight is 355 g/mol. The monoisotopic (exact) mass is 355 g/mol. The quantitative estimate of drug-likeness (QED) is 0.678. The Labute approximate surface area is 155 Å². The van der Waals surface area contributed by atoms with E-state index in [0.29, 0.717) is 24.8 Å². The smallest absolute Gasteiger partial charge is 0.251 e. The molecule has 0 saturated carbocycles. The first-order chi connectivity index (χ1) is 12.3. The lowest BCUT2D eigenvalue weighted by Crippen LogP contribution is -2.29. The molecule has 4 heteroatoms. The second kappa shape index (κ2) is 8.97. The molecule has 4 nitrogen and oxygen atoms in total. The lowest BCUT2D eigenvalue weighted by Gasteiger charge is -2.19. The van der Waals surface area contributed by atoms with Gasteiger partial charge in [-0.3, -0.25) is 4.79 Å². The van der Waals surface area contributed by atoms with Crippen LogP contribution in [0.3, 0.4) is 0 Å². The Morgan fingerprint density at radius 3 is 2.46 bits per heavy atom. The number of carbonyl (C=O) groups excluding carboxylic acids is 1. The number of carbonyl (C=O) groups is 1. The molecular formula is C22H29NO3. The Morgan fingerprint density at radius 1 is 1.15 bits per heavy atom. The van der Waals surface area contributed by atoms with E-state index >= 15 is 0 Å². The van der Waals surface area contributed by atoms with Crippen LogP contribution >= 0.6 is 0 Å². The predicted octanol–water partition coefficient (Wildman–Crippen LogP) is 3.55. The van der Waals surface area contributed by atoms with Crippen LogP contribution in [0.5, 0.6) is 0 Å². The van der Waals surface area contributed by atoms with Gasteiger partial charge in [-0.1, -0.05) is 42.0 Å². The Kier molecular flexibility index (Phi) is 6.95. The number of nitrogens with one attached hydrogen (secondary N) is 1. The van der Waals surface area contributed by atoms with Crippen LogP contribution < -0.4 is 5.32 Å². The molecule has 2 aromatic rings. The number of hydrogen-bond donors (Lipinski definition) is 3. The van der Waals surface area contributed by atoms with Crippen molar-refractivity contribution in [3.63, 3.8) is 0 Å². The summed E-state index contributed by atoms with van der Waals surface area (Å²) in [4.78, 5) is 12.7. The topological polar surface area (TPSA) is 69.6 Å². The van der Waals surface area contributed by atoms with Crippen molar-refractivity contribution >= 4 is 5.91 Å². The third kappa shape index (κ3) is 6.28. The van der Waals surface area contributed by atoms with Gasteiger partial charge in [-0.25, -0.2) is 0 Å². The molecule has 0 fully saturated rings. The molecule has 26 heavy (non-hydrogen) atoms. The van der Waals surface area contributed by atoms with E-state index in [4.69, 9.17) is 0 Å². The zero-order valence-corrected chi connectivity index (χ0v) is 15.8. The fourth-order valence-corrected chi connectivity index (χ4v) is 2.81. The molecule has 0 saturated heterocycles. The van der Waals surface area contributed by atoms with Crippen molar-refractivity contribution in [2.24, 2.45) is 0 Å². The SMILES string of the molecule is Cc1ccc([C@@H](CCO)NC(=O)c2cccc(CCC(C)(C)O)c2)cc1. The van der Waals surface area contributed by atoms with Crippen molar-refractivity contribution in [2.75, 3.05) is 6.61 Å². The lowest BCUT2D eigenvalue weighted by atomic mass is 9.97. The zero-order chi connectivity index (χ0) is 19.2. The molecule has 2 aromatic carbocycles. The van der Waals surface area contributed by atoms with Crippen LogP contribution in [0.1, 0.15) is 59.8 Å². The van der Waals surface area contributed by atoms with Gasteiger partial charge in [0.1, 0.15) is 0 Å². The molecule has 0 radical (unpaired) electrons. The van der Waals surface area contributed by atoms with Crippen molar-refractivity contribution in [1.82, 2.24) is 5.32 Å². The maximum absolute atomic E-state index is 12.7. The highest BCUT2D eigenvalue weighted by atomic mass is 16.3. The number of aryl methyl sites for hydroxylation is 2. The summed E-state index contributed by atoms with van der Waals surface area (Å²) in [5.41, 5.74) is 3.02. The second-order valence-electron chi connectivity index (χ2n) is 7.46. The van der Waals surface area contributed by atoms with E-state index in [-0.39, 0.29) is 18.6 Å². The first kappa shape index (κ1) is 20.1. The molecule has 0 aliphatic rings. The van der Waals surface area contributed by atoms with Gasteiger partial charge in [-0.2, -0.15) is 0 Å². The molecule has 0 unspecified atom stereocenters. The largest absolute Gasteiger partial charge is 0.396 e. The van der Waals surface area contributed by atoms with Gasteiger partial charge in [0.15, 0.2) is 0 Å². The summed E-state index contributed by atoms with van der Waals surface area (Å²) in [7, 11) is 0. The summed E-state index contributed by atoms with van der Waals surface area (Å²) in [6.07, 6.45) is 1.81. The van der Waals surface area contributed by atoms with Crippen LogP contribution in [0, 0.1) is 6.92 Å². The maximum atomic E-state index is 12.7. The molecule has 3 N–H and O–H groups in total. The summed E-state index contributed by atoms with van der Waals surface area (Å²) >= 11 is 0. The Morgan fingerprint density at radius 2 is 1.85 bits per heavy atom. The van der Waals surface area contributed by atoms with Gasteiger partial charge in [-0.05, 0) is 63.3 Å². The summed E-state index contributed by atoms with van der Waals surface area (Å²) in [6.45, 7) is 5.59. The van der Waals surface area contributed by atoms with Crippen LogP contribution in [0.2, 0.25) is 0 Å². The van der Waals surface area contributed by atoms with Gasteiger partial charge < -0.3 is 15.5 Å². The van der Waals surface area contributed by atoms with Crippen molar-refractivity contribution in [2.45, 2.75) is 51.7 Å². The molecule has 1 atom stereocenters. The number of aliphatic hydroxyl groups is 2. The standard InChI is InChI=1S/C22H29NO3/c1-16-7-9-18(10-8-16)20(12-14-24)23-21(25)19-6-4-5-17(15-19)11-13-22(2,3)26/h4-10,15,20,24,26H,11-14H2,1-3H3,(H,23,25)/t20-/m1/s1. The molecule has 0 spiro atoms. The molecular weight excluding hydrogens is 326 g/mol. The highest BCUT2D eigenvalue weighted by Gasteiger charge is 2.16. The van der Waals surface area contributed by atoms with E-state index in [9.17, 15) is 15.0 Å². The first-order valence-corrected chi connectivity index (χ1v) is 9.08. The van der Waals surface area contributed by atoms with Crippen molar-refractivity contribution < 1.29 is 15.0 Å². The molecule has 0 aromatic heterocycles. The fraction of sp³-hybridized carbons (Fsp3) is 0.409. The minimum Gasteiger partial charge on any atom is -0.396 e. The average Bonchev–Trinajstić information content (AvgIpc) is 2.60. The summed E-state index contributed by atoms with van der Waals surface area (Å²) in [5.74, 6) is -0.158. The predicted molar refractivity (Wildman–Crippen MR) is 104 cm³/mol. The van der Waals surface area contributed by atoms with Gasteiger partial charge in [0.05, 0.1) is 11.6 Å². The third-order valence-electron chi connectivity index (χ3n) is 4.42. The second-order valence-corrected chi connectivity index (χ2v) is 7.46. The van der Waals surface area contributed by atoms with Gasteiger partial charge >= 0.3 is 0 Å². The maximum Gasteiger partial charge on any atom is 0.251 e. The Bertz CT molecular complexity index is 717. The summed E-state index contributed by atoms with van der Waals surface area (Å²) in [5, 5.41) is 22.3. The van der Waals surface area contributed by atoms with Gasteiger partial charge in [0, 0.05) is 12.2 Å². The van der Waals surface area contributed by atoms with E-state index in [1.807, 2.05) is 49.4 Å². The molecule has 1 amide bonds. The number of aliphatic hydroxyl groups excluding tert-OH is 1. The third-order valence-corrected chi connectivity index (χ3v) is 4.42. The number of hydrogen-bond acceptors (Lipinski definition) is 3. The minimum atomic E-state index is -0.726. The van der Waals surface area contributed by atoms with Crippen LogP contribution in [0.25, 0.3) is 0 Å². The van der Waals surface area contributed by atoms with E-state index < -0.39 is 5.60 Å². The van der Waals surface area contributed by atoms with Crippen LogP contribution in [-0.2, 0) is 6.42 Å². The van der Waals surface area contributed by atoms with Crippen LogP contribution in [0.4, 0.5) is 0 Å². The summed E-state index contributed by atoms with van der Waals surface area (Å²) < 4.78 is 0. The molecule has 140 valence electrons.